The van der Waals surface area contributed by atoms with Crippen LogP contribution in [0.15, 0.2) is 90.5 Å². The van der Waals surface area contributed by atoms with Crippen LogP contribution in [0.2, 0.25) is 5.28 Å². The number of benzene rings is 4. The maximum absolute atomic E-state index is 12.4. The second-order valence-electron chi connectivity index (χ2n) is 10.2. The molecule has 5 rings (SSSR count). The summed E-state index contributed by atoms with van der Waals surface area (Å²) in [5.74, 6) is -3.90. The number of aromatic nitrogens is 3. The predicted octanol–water partition coefficient (Wildman–Crippen LogP) is 2.45. The van der Waals surface area contributed by atoms with E-state index in [1.165, 1.54) is 12.1 Å². The van der Waals surface area contributed by atoms with Gasteiger partial charge in [-0.25, -0.2) is 4.79 Å². The number of anilines is 4. The van der Waals surface area contributed by atoms with E-state index in [0.29, 0.717) is 24.3 Å². The molecule has 4 radical (unpaired) electrons. The fourth-order valence-corrected chi connectivity index (χ4v) is 7.03. The third kappa shape index (κ3) is 13.0. The Morgan fingerprint density at radius 2 is 1.18 bits per heavy atom. The molecule has 0 bridgehead atoms. The predicted molar refractivity (Wildman–Crippen MR) is 203 cm³/mol. The molecule has 0 fully saturated rings. The maximum atomic E-state index is 12.4. The molecular weight excluding hydrogens is 906 g/mol. The van der Waals surface area contributed by atoms with Gasteiger partial charge in [0.25, 0.3) is 40.5 Å². The number of phenols is 1. The number of fused-ring (bicyclic) bond motifs is 1. The Morgan fingerprint density at radius 3 is 1.70 bits per heavy atom. The largest absolute Gasteiger partial charge is 0.505 e. The molecule has 282 valence electrons. The van der Waals surface area contributed by atoms with E-state index in [1.807, 2.05) is 0 Å². The number of hydrogen-bond donors (Lipinski definition) is 8. The number of nitrogens with zero attached hydrogens (tertiary/aromatic N) is 5. The molecule has 5 aromatic rings. The van der Waals surface area contributed by atoms with Crippen LogP contribution in [0.25, 0.3) is 10.8 Å². The summed E-state index contributed by atoms with van der Waals surface area (Å²) >= 11 is 6.03. The zero-order chi connectivity index (χ0) is 39.3. The Bertz CT molecular complexity index is 2880. The van der Waals surface area contributed by atoms with Gasteiger partial charge in [0.2, 0.25) is 17.2 Å². The molecule has 0 unspecified atom stereocenters. The number of carboxylic acids is 1. The fourth-order valence-electron chi connectivity index (χ4n) is 4.53. The minimum absolute atomic E-state index is 0. The average Bonchev–Trinajstić information content (AvgIpc) is 3.02. The zero-order valence-electron chi connectivity index (χ0n) is 29.4. The normalized spacial score (nSPS) is 11.7. The second kappa shape index (κ2) is 20.4. The van der Waals surface area contributed by atoms with E-state index in [-0.39, 0.29) is 124 Å². The molecule has 0 amide bonds. The Morgan fingerprint density at radius 1 is 0.632 bits per heavy atom. The van der Waals surface area contributed by atoms with Crippen LogP contribution in [-0.2, 0) is 40.5 Å². The van der Waals surface area contributed by atoms with E-state index in [9.17, 15) is 66.9 Å². The zero-order valence-corrected chi connectivity index (χ0v) is 41.4. The summed E-state index contributed by atoms with van der Waals surface area (Å²) in [7, 11) is -20.1. The first-order chi connectivity index (χ1) is 24.4. The van der Waals surface area contributed by atoms with Gasteiger partial charge in [-0.15, -0.1) is 10.2 Å². The second-order valence-corrected chi connectivity index (χ2v) is 16.2. The number of halogens is 1. The van der Waals surface area contributed by atoms with Crippen LogP contribution < -0.4 is 10.6 Å². The number of nitrogens with one attached hydrogen (secondary N) is 2. The first-order valence-corrected chi connectivity index (χ1v) is 19.6. The van der Waals surface area contributed by atoms with Gasteiger partial charge in [-0.2, -0.15) is 48.6 Å². The first kappa shape index (κ1) is 53.6. The van der Waals surface area contributed by atoms with Gasteiger partial charge < -0.3 is 20.8 Å². The minimum Gasteiger partial charge on any atom is -0.505 e. The molecule has 0 spiro atoms. The Labute approximate surface area is 415 Å². The quantitative estimate of drug-likeness (QED) is 0.0535. The van der Waals surface area contributed by atoms with E-state index in [2.05, 4.69) is 35.8 Å². The summed E-state index contributed by atoms with van der Waals surface area (Å²) in [5, 5.41) is 31.5. The summed E-state index contributed by atoms with van der Waals surface area (Å²) in [6.07, 6.45) is 0. The molecule has 0 saturated heterocycles. The molecule has 0 aliphatic heterocycles. The summed E-state index contributed by atoms with van der Waals surface area (Å²) in [5.41, 5.74) is -3.11. The number of carbonyl (C=O) groups is 1. The Hall–Kier alpha value is -1.45. The molecule has 1 heterocycles. The van der Waals surface area contributed by atoms with E-state index >= 15 is 0 Å². The van der Waals surface area contributed by atoms with E-state index in [0.717, 1.165) is 24.3 Å². The molecule has 1 aromatic heterocycles. The summed E-state index contributed by atoms with van der Waals surface area (Å²) in [4.78, 5) is 19.7. The van der Waals surface area contributed by atoms with Crippen molar-refractivity contribution in [2.45, 2.75) is 19.6 Å². The molecule has 0 aliphatic carbocycles. The van der Waals surface area contributed by atoms with Crippen molar-refractivity contribution in [2.24, 2.45) is 10.2 Å². The van der Waals surface area contributed by atoms with Crippen LogP contribution in [0, 0.1) is 0 Å². The van der Waals surface area contributed by atoms with Crippen LogP contribution >= 0.6 is 11.6 Å². The molecule has 0 saturated carbocycles. The van der Waals surface area contributed by atoms with E-state index in [4.69, 9.17) is 11.6 Å². The van der Waals surface area contributed by atoms with Crippen molar-refractivity contribution in [1.29, 1.82) is 0 Å². The number of rotatable bonds is 11. The van der Waals surface area contributed by atoms with E-state index < -0.39 is 122 Å². The summed E-state index contributed by atoms with van der Waals surface area (Å²) < 4.78 is 134. The van der Waals surface area contributed by atoms with E-state index in [1.54, 1.807) is 0 Å². The number of aromatic hydroxyl groups is 1. The smallest absolute Gasteiger partial charge is 0.337 e. The monoisotopic (exact) mass is 923 g/mol. The third-order valence-electron chi connectivity index (χ3n) is 6.72. The third-order valence-corrected chi connectivity index (χ3v) is 10.3. The Kier molecular flexibility index (Phi) is 19.2. The SMILES string of the molecule is O=C(O)c1cc(S(=O)(=O)O)ccc1Nc1nc(Cl)nc(Nc2cc(S(=O)(=O)O)cc3cc(S(=O)(=O)O)c(N=Nc4ccccc4S(=O)(=O)O)c(O)c23)n1.[Na].[Na].[Na].[Na]. The standard InChI is InChI=1S/C26H18ClN7O15S4.4Na/c27-24-30-25(28-15-6-5-12(50(38,39)40)9-14(15)23(36)37)32-26(31-24)29-17-10-13(51(41,42)43)7-11-8-19(53(47,48)49)21(22(35)20(11)17)34-33-16-3-1-2-4-18(16)52(44,45)46;;;;/h1-10,35H,(H,36,37)(H,38,39,40)(H,41,42,43)(H,44,45,46)(H,47,48,49)(H2,28,29,30,31,32);;;;. The Balaban J connectivity index is 0.00000406. The molecule has 4 aromatic carbocycles. The fraction of sp³-hybridized carbons (Fsp3) is 0. The van der Waals surface area contributed by atoms with Gasteiger partial charge in [-0.3, -0.25) is 18.2 Å². The number of phenolic OH excluding ortho intramolecular Hbond substituents is 1. The van der Waals surface area contributed by atoms with Crippen molar-refractivity contribution in [3.63, 3.8) is 0 Å². The molecule has 0 atom stereocenters. The average molecular weight is 924 g/mol. The van der Waals surface area contributed by atoms with Crippen molar-refractivity contribution in [3.8, 4) is 5.75 Å². The van der Waals surface area contributed by atoms with Crippen molar-refractivity contribution in [3.05, 3.63) is 71.5 Å². The van der Waals surface area contributed by atoms with Crippen molar-refractivity contribution < 1.29 is 66.9 Å². The van der Waals surface area contributed by atoms with Crippen LogP contribution in [0.3, 0.4) is 0 Å². The van der Waals surface area contributed by atoms with Gasteiger partial charge in [0, 0.05) is 124 Å². The minimum atomic E-state index is -5.33. The van der Waals surface area contributed by atoms with Gasteiger partial charge in [0.05, 0.1) is 26.7 Å². The van der Waals surface area contributed by atoms with Gasteiger partial charge in [0.15, 0.2) is 5.75 Å². The molecular formula is C26H18ClN7Na4O15S4. The van der Waals surface area contributed by atoms with Crippen molar-refractivity contribution >= 4 is 222 Å². The maximum Gasteiger partial charge on any atom is 0.337 e. The first-order valence-electron chi connectivity index (χ1n) is 13.5. The van der Waals surface area contributed by atoms with Crippen LogP contribution in [-0.4, -0.2) is 201 Å². The van der Waals surface area contributed by atoms with Gasteiger partial charge in [-0.05, 0) is 65.5 Å². The van der Waals surface area contributed by atoms with Crippen LogP contribution in [0.4, 0.5) is 34.6 Å². The van der Waals surface area contributed by atoms with Gasteiger partial charge in [-0.1, -0.05) is 12.1 Å². The van der Waals surface area contributed by atoms with Crippen molar-refractivity contribution in [2.75, 3.05) is 10.6 Å². The molecule has 57 heavy (non-hydrogen) atoms. The molecule has 31 heteroatoms. The molecule has 0 aliphatic rings. The van der Waals surface area contributed by atoms with Crippen LogP contribution in [0.5, 0.6) is 5.75 Å². The number of hydrogen-bond acceptors (Lipinski definition) is 17. The number of aromatic carboxylic acids is 1. The number of azo groups is 1. The van der Waals surface area contributed by atoms with Crippen molar-refractivity contribution in [1.82, 2.24) is 15.0 Å². The summed E-state index contributed by atoms with van der Waals surface area (Å²) in [6, 6.07) is 8.87. The topological polar surface area (TPSA) is 362 Å². The van der Waals surface area contributed by atoms with Gasteiger partial charge in [0.1, 0.15) is 21.2 Å². The van der Waals surface area contributed by atoms with Crippen LogP contribution in [0.1, 0.15) is 10.4 Å². The number of carboxylic acid groups (broad SMARTS) is 1. The summed E-state index contributed by atoms with van der Waals surface area (Å²) in [6.45, 7) is 0. The molecule has 8 N–H and O–H groups in total. The van der Waals surface area contributed by atoms with Gasteiger partial charge >= 0.3 is 5.97 Å². The molecule has 22 nitrogen and oxygen atoms in total.